The molecule has 0 aliphatic carbocycles. The minimum absolute atomic E-state index is 0.0672. The molecular weight excluding hydrogens is 354 g/mol. The Morgan fingerprint density at radius 1 is 1.29 bits per heavy atom. The van der Waals surface area contributed by atoms with Crippen molar-refractivity contribution in [3.05, 3.63) is 57.5 Å². The third-order valence-corrected chi connectivity index (χ3v) is 3.77. The van der Waals surface area contributed by atoms with E-state index in [0.717, 1.165) is 16.6 Å². The van der Waals surface area contributed by atoms with E-state index in [1.54, 1.807) is 24.3 Å². The van der Waals surface area contributed by atoms with Crippen LogP contribution in [0.3, 0.4) is 0 Å². The van der Waals surface area contributed by atoms with Gasteiger partial charge in [-0.15, -0.1) is 0 Å². The van der Waals surface area contributed by atoms with Crippen LogP contribution in [0, 0.1) is 0 Å². The number of ether oxygens (including phenoxy) is 1. The van der Waals surface area contributed by atoms with Crippen molar-refractivity contribution in [1.82, 2.24) is 0 Å². The molecule has 0 heterocycles. The first-order valence-electron chi connectivity index (χ1n) is 6.55. The van der Waals surface area contributed by atoms with Gasteiger partial charge in [0.2, 0.25) is 0 Å². The lowest BCUT2D eigenvalue weighted by Crippen LogP contribution is -2.20. The van der Waals surface area contributed by atoms with Gasteiger partial charge in [-0.3, -0.25) is 4.79 Å². The van der Waals surface area contributed by atoms with E-state index < -0.39 is 0 Å². The summed E-state index contributed by atoms with van der Waals surface area (Å²) in [6.07, 6.45) is 0.949. The molecule has 0 spiro atoms. The molecule has 0 aromatic heterocycles. The summed E-state index contributed by atoms with van der Waals surface area (Å²) in [7, 11) is 0. The van der Waals surface area contributed by atoms with Crippen molar-refractivity contribution in [3.63, 3.8) is 0 Å². The molecule has 0 bridgehead atoms. The lowest BCUT2D eigenvalue weighted by atomic mass is 10.1. The van der Waals surface area contributed by atoms with E-state index >= 15 is 0 Å². The molecule has 0 aliphatic heterocycles. The Balaban J connectivity index is 1.93. The third kappa shape index (κ3) is 4.76. The standard InChI is InChI=1S/C16H15BrClNO2/c1-2-11-6-7-15(14(17)8-11)19-16(20)10-21-13-5-3-4-12(18)9-13/h3-9H,2,10H2,1H3,(H,19,20). The molecule has 1 N–H and O–H groups in total. The van der Waals surface area contributed by atoms with Crippen LogP contribution in [0.15, 0.2) is 46.9 Å². The normalized spacial score (nSPS) is 10.2. The Labute approximate surface area is 137 Å². The second-order valence-electron chi connectivity index (χ2n) is 4.46. The number of amides is 1. The number of benzene rings is 2. The molecule has 110 valence electrons. The topological polar surface area (TPSA) is 38.3 Å². The van der Waals surface area contributed by atoms with E-state index in [1.165, 1.54) is 5.56 Å². The van der Waals surface area contributed by atoms with Crippen LogP contribution in [0.2, 0.25) is 5.02 Å². The van der Waals surface area contributed by atoms with Crippen molar-refractivity contribution in [3.8, 4) is 5.75 Å². The van der Waals surface area contributed by atoms with Gasteiger partial charge in [-0.1, -0.05) is 30.7 Å². The third-order valence-electron chi connectivity index (χ3n) is 2.88. The number of aryl methyl sites for hydroxylation is 1. The highest BCUT2D eigenvalue weighted by atomic mass is 79.9. The molecule has 1 amide bonds. The van der Waals surface area contributed by atoms with Gasteiger partial charge in [0, 0.05) is 9.50 Å². The largest absolute Gasteiger partial charge is 0.484 e. The number of carbonyl (C=O) groups is 1. The van der Waals surface area contributed by atoms with Crippen molar-refractivity contribution in [2.24, 2.45) is 0 Å². The minimum Gasteiger partial charge on any atom is -0.484 e. The summed E-state index contributed by atoms with van der Waals surface area (Å²) >= 11 is 9.30. The van der Waals surface area contributed by atoms with Crippen molar-refractivity contribution >= 4 is 39.1 Å². The molecule has 5 heteroatoms. The van der Waals surface area contributed by atoms with Gasteiger partial charge in [0.1, 0.15) is 5.75 Å². The molecule has 0 saturated heterocycles. The van der Waals surface area contributed by atoms with E-state index in [-0.39, 0.29) is 12.5 Å². The van der Waals surface area contributed by atoms with Crippen LogP contribution in [0.1, 0.15) is 12.5 Å². The smallest absolute Gasteiger partial charge is 0.262 e. The lowest BCUT2D eigenvalue weighted by molar-refractivity contribution is -0.118. The molecule has 0 aliphatic rings. The predicted molar refractivity (Wildman–Crippen MR) is 89.1 cm³/mol. The number of nitrogens with one attached hydrogen (secondary N) is 1. The summed E-state index contributed by atoms with van der Waals surface area (Å²) in [4.78, 5) is 11.9. The molecule has 21 heavy (non-hydrogen) atoms. The maximum atomic E-state index is 11.9. The summed E-state index contributed by atoms with van der Waals surface area (Å²) in [5.41, 5.74) is 1.93. The van der Waals surface area contributed by atoms with E-state index in [4.69, 9.17) is 16.3 Å². The zero-order chi connectivity index (χ0) is 15.2. The maximum absolute atomic E-state index is 11.9. The maximum Gasteiger partial charge on any atom is 0.262 e. The Bertz CT molecular complexity index is 646. The zero-order valence-corrected chi connectivity index (χ0v) is 13.9. The number of halogens is 2. The van der Waals surface area contributed by atoms with Crippen LogP contribution in [-0.2, 0) is 11.2 Å². The summed E-state index contributed by atoms with van der Waals surface area (Å²) < 4.78 is 6.25. The highest BCUT2D eigenvalue weighted by molar-refractivity contribution is 9.10. The van der Waals surface area contributed by atoms with Gasteiger partial charge >= 0.3 is 0 Å². The molecule has 2 aromatic rings. The van der Waals surface area contributed by atoms with Crippen molar-refractivity contribution in [1.29, 1.82) is 0 Å². The van der Waals surface area contributed by atoms with E-state index in [1.807, 2.05) is 18.2 Å². The van der Waals surface area contributed by atoms with E-state index in [0.29, 0.717) is 10.8 Å². The second kappa shape index (κ2) is 7.48. The van der Waals surface area contributed by atoms with Crippen molar-refractivity contribution < 1.29 is 9.53 Å². The molecule has 2 aromatic carbocycles. The molecule has 0 unspecified atom stereocenters. The average molecular weight is 369 g/mol. The number of hydrogen-bond donors (Lipinski definition) is 1. The van der Waals surface area contributed by atoms with E-state index in [2.05, 4.69) is 28.2 Å². The van der Waals surface area contributed by atoms with Gasteiger partial charge in [0.05, 0.1) is 5.69 Å². The second-order valence-corrected chi connectivity index (χ2v) is 5.75. The fourth-order valence-electron chi connectivity index (χ4n) is 1.77. The van der Waals surface area contributed by atoms with Crippen LogP contribution in [0.4, 0.5) is 5.69 Å². The van der Waals surface area contributed by atoms with Gasteiger partial charge in [-0.05, 0) is 58.2 Å². The van der Waals surface area contributed by atoms with Gasteiger partial charge < -0.3 is 10.1 Å². The first-order valence-corrected chi connectivity index (χ1v) is 7.72. The first-order chi connectivity index (χ1) is 10.1. The molecule has 0 fully saturated rings. The molecule has 0 radical (unpaired) electrons. The summed E-state index contributed by atoms with van der Waals surface area (Å²) in [5.74, 6) is 0.345. The quantitative estimate of drug-likeness (QED) is 0.832. The highest BCUT2D eigenvalue weighted by Gasteiger charge is 2.07. The number of carbonyl (C=O) groups excluding carboxylic acids is 1. The fourth-order valence-corrected chi connectivity index (χ4v) is 2.48. The lowest BCUT2D eigenvalue weighted by Gasteiger charge is -2.10. The molecule has 3 nitrogen and oxygen atoms in total. The van der Waals surface area contributed by atoms with Crippen LogP contribution in [0.25, 0.3) is 0 Å². The zero-order valence-electron chi connectivity index (χ0n) is 11.5. The molecule has 2 rings (SSSR count). The number of anilines is 1. The Morgan fingerprint density at radius 3 is 2.76 bits per heavy atom. The predicted octanol–water partition coefficient (Wildman–Crippen LogP) is 4.68. The van der Waals surface area contributed by atoms with Gasteiger partial charge in [-0.25, -0.2) is 0 Å². The van der Waals surface area contributed by atoms with Gasteiger partial charge in [-0.2, -0.15) is 0 Å². The molecule has 0 atom stereocenters. The van der Waals surface area contributed by atoms with Gasteiger partial charge in [0.15, 0.2) is 6.61 Å². The highest BCUT2D eigenvalue weighted by Crippen LogP contribution is 2.24. The number of rotatable bonds is 5. The molecule has 0 saturated carbocycles. The van der Waals surface area contributed by atoms with Crippen LogP contribution in [0.5, 0.6) is 5.75 Å². The summed E-state index contributed by atoms with van der Waals surface area (Å²) in [6, 6.07) is 12.8. The van der Waals surface area contributed by atoms with Crippen LogP contribution >= 0.6 is 27.5 Å². The van der Waals surface area contributed by atoms with Crippen LogP contribution < -0.4 is 10.1 Å². The Morgan fingerprint density at radius 2 is 2.10 bits per heavy atom. The van der Waals surface area contributed by atoms with Crippen LogP contribution in [-0.4, -0.2) is 12.5 Å². The van der Waals surface area contributed by atoms with Gasteiger partial charge in [0.25, 0.3) is 5.91 Å². The fraction of sp³-hybridized carbons (Fsp3) is 0.188. The van der Waals surface area contributed by atoms with Crippen molar-refractivity contribution in [2.75, 3.05) is 11.9 Å². The van der Waals surface area contributed by atoms with Crippen molar-refractivity contribution in [2.45, 2.75) is 13.3 Å². The summed E-state index contributed by atoms with van der Waals surface area (Å²) in [5, 5.41) is 3.38. The Kier molecular flexibility index (Phi) is 5.65. The Hall–Kier alpha value is -1.52. The monoisotopic (exact) mass is 367 g/mol. The SMILES string of the molecule is CCc1ccc(NC(=O)COc2cccc(Cl)c2)c(Br)c1. The average Bonchev–Trinajstić information content (AvgIpc) is 2.47. The molecular formula is C16H15BrClNO2. The van der Waals surface area contributed by atoms with E-state index in [9.17, 15) is 4.79 Å². The minimum atomic E-state index is -0.222. The first kappa shape index (κ1) is 15.9. The summed E-state index contributed by atoms with van der Waals surface area (Å²) in [6.45, 7) is 2.02. The number of hydrogen-bond acceptors (Lipinski definition) is 2.